The minimum atomic E-state index is -0.298. The van der Waals surface area contributed by atoms with Crippen LogP contribution in [0, 0.1) is 11.8 Å². The summed E-state index contributed by atoms with van der Waals surface area (Å²) in [6.07, 6.45) is 0.550. The molecule has 16 heavy (non-hydrogen) atoms. The van der Waals surface area contributed by atoms with Gasteiger partial charge in [-0.2, -0.15) is 0 Å². The van der Waals surface area contributed by atoms with Crippen LogP contribution in [0.15, 0.2) is 0 Å². The van der Waals surface area contributed by atoms with Crippen LogP contribution in [0.1, 0.15) is 13.3 Å². The lowest BCUT2D eigenvalue weighted by Crippen LogP contribution is -2.43. The third-order valence-electron chi connectivity index (χ3n) is 2.56. The van der Waals surface area contributed by atoms with E-state index in [2.05, 4.69) is 22.1 Å². The van der Waals surface area contributed by atoms with Gasteiger partial charge in [-0.25, -0.2) is 0 Å². The molecule has 0 saturated carbocycles. The molecular weight excluding hydrogens is 204 g/mol. The Morgan fingerprint density at radius 3 is 2.88 bits per heavy atom. The number of ether oxygens (including phenoxy) is 1. The number of hydrogen-bond donors (Lipinski definition) is 2. The number of aliphatic hydroxyl groups is 1. The molecule has 2 N–H and O–H groups in total. The molecule has 1 heterocycles. The van der Waals surface area contributed by atoms with Crippen molar-refractivity contribution in [3.8, 4) is 11.8 Å². The van der Waals surface area contributed by atoms with Crippen molar-refractivity contribution >= 4 is 0 Å². The molecule has 0 aromatic heterocycles. The predicted molar refractivity (Wildman–Crippen MR) is 64.2 cm³/mol. The van der Waals surface area contributed by atoms with Crippen molar-refractivity contribution in [3.63, 3.8) is 0 Å². The maximum absolute atomic E-state index is 9.78. The number of morpholine rings is 1. The molecule has 0 aromatic carbocycles. The van der Waals surface area contributed by atoms with Crippen molar-refractivity contribution in [2.45, 2.75) is 19.4 Å². The standard InChI is InChI=1S/C12H22N2O2/c1-2-3-4-5-13-10-12(15)11-14-6-8-16-9-7-14/h12-13,15H,4-11H2,1H3. The molecule has 1 saturated heterocycles. The van der Waals surface area contributed by atoms with E-state index in [-0.39, 0.29) is 6.10 Å². The van der Waals surface area contributed by atoms with Crippen molar-refractivity contribution in [2.24, 2.45) is 0 Å². The Balaban J connectivity index is 2.00. The van der Waals surface area contributed by atoms with E-state index in [4.69, 9.17) is 4.74 Å². The first-order valence-electron chi connectivity index (χ1n) is 5.91. The van der Waals surface area contributed by atoms with Crippen LogP contribution in [0.4, 0.5) is 0 Å². The molecule has 4 nitrogen and oxygen atoms in total. The maximum atomic E-state index is 9.78. The van der Waals surface area contributed by atoms with Crippen molar-refractivity contribution in [1.82, 2.24) is 10.2 Å². The Morgan fingerprint density at radius 2 is 2.19 bits per heavy atom. The smallest absolute Gasteiger partial charge is 0.0791 e. The molecule has 1 aliphatic heterocycles. The summed E-state index contributed by atoms with van der Waals surface area (Å²) in [5, 5.41) is 13.0. The molecule has 0 aromatic rings. The van der Waals surface area contributed by atoms with Crippen LogP contribution in [-0.2, 0) is 4.74 Å². The summed E-state index contributed by atoms with van der Waals surface area (Å²) in [6.45, 7) is 7.49. The van der Waals surface area contributed by atoms with Gasteiger partial charge in [0, 0.05) is 39.1 Å². The number of nitrogens with one attached hydrogen (secondary N) is 1. The summed E-state index contributed by atoms with van der Waals surface area (Å²) in [5.41, 5.74) is 0. The average Bonchev–Trinajstić information content (AvgIpc) is 2.30. The Morgan fingerprint density at radius 1 is 1.44 bits per heavy atom. The van der Waals surface area contributed by atoms with E-state index in [1.807, 2.05) is 6.92 Å². The van der Waals surface area contributed by atoms with Gasteiger partial charge in [0.15, 0.2) is 0 Å². The molecule has 1 fully saturated rings. The van der Waals surface area contributed by atoms with Crippen molar-refractivity contribution in [2.75, 3.05) is 45.9 Å². The van der Waals surface area contributed by atoms with Gasteiger partial charge in [0.1, 0.15) is 0 Å². The monoisotopic (exact) mass is 226 g/mol. The molecule has 1 aliphatic rings. The molecule has 0 radical (unpaired) electrons. The van der Waals surface area contributed by atoms with Crippen LogP contribution in [0.2, 0.25) is 0 Å². The minimum Gasteiger partial charge on any atom is -0.390 e. The molecule has 1 rings (SSSR count). The van der Waals surface area contributed by atoms with E-state index in [1.54, 1.807) is 0 Å². The average molecular weight is 226 g/mol. The Labute approximate surface area is 98.0 Å². The molecule has 1 unspecified atom stereocenters. The lowest BCUT2D eigenvalue weighted by Gasteiger charge is -2.28. The van der Waals surface area contributed by atoms with Crippen LogP contribution in [0.5, 0.6) is 0 Å². The molecule has 92 valence electrons. The normalized spacial score (nSPS) is 18.9. The fourth-order valence-electron chi connectivity index (χ4n) is 1.69. The van der Waals surface area contributed by atoms with Gasteiger partial charge >= 0.3 is 0 Å². The first-order valence-corrected chi connectivity index (χ1v) is 5.91. The highest BCUT2D eigenvalue weighted by atomic mass is 16.5. The molecule has 4 heteroatoms. The first-order chi connectivity index (χ1) is 7.83. The summed E-state index contributed by atoms with van der Waals surface area (Å²) >= 11 is 0. The Kier molecular flexibility index (Phi) is 7.19. The van der Waals surface area contributed by atoms with Crippen molar-refractivity contribution in [3.05, 3.63) is 0 Å². The summed E-state index contributed by atoms with van der Waals surface area (Å²) in [5.74, 6) is 5.83. The maximum Gasteiger partial charge on any atom is 0.0791 e. The quantitative estimate of drug-likeness (QED) is 0.481. The van der Waals surface area contributed by atoms with Crippen LogP contribution in [-0.4, -0.2) is 62.0 Å². The second kappa shape index (κ2) is 8.54. The highest BCUT2D eigenvalue weighted by Crippen LogP contribution is 1.97. The largest absolute Gasteiger partial charge is 0.390 e. The number of nitrogens with zero attached hydrogens (tertiary/aromatic N) is 1. The molecule has 0 amide bonds. The van der Waals surface area contributed by atoms with Crippen LogP contribution in [0.3, 0.4) is 0 Å². The van der Waals surface area contributed by atoms with Crippen LogP contribution < -0.4 is 5.32 Å². The van der Waals surface area contributed by atoms with Gasteiger partial charge in [-0.1, -0.05) is 0 Å². The highest BCUT2D eigenvalue weighted by Gasteiger charge is 2.14. The lowest BCUT2D eigenvalue weighted by molar-refractivity contribution is 0.0150. The SMILES string of the molecule is CC#CCCNCC(O)CN1CCOCC1. The molecule has 0 bridgehead atoms. The summed E-state index contributed by atoms with van der Waals surface area (Å²) < 4.78 is 5.25. The fourth-order valence-corrected chi connectivity index (χ4v) is 1.69. The van der Waals surface area contributed by atoms with E-state index in [0.29, 0.717) is 6.54 Å². The Hall–Kier alpha value is -0.600. The van der Waals surface area contributed by atoms with E-state index in [1.165, 1.54) is 0 Å². The lowest BCUT2D eigenvalue weighted by atomic mass is 10.3. The zero-order valence-electron chi connectivity index (χ0n) is 10.0. The molecular formula is C12H22N2O2. The number of rotatable bonds is 6. The zero-order chi connectivity index (χ0) is 11.6. The van der Waals surface area contributed by atoms with E-state index in [9.17, 15) is 5.11 Å². The van der Waals surface area contributed by atoms with Crippen molar-refractivity contribution < 1.29 is 9.84 Å². The first kappa shape index (κ1) is 13.5. The van der Waals surface area contributed by atoms with E-state index < -0.39 is 0 Å². The van der Waals surface area contributed by atoms with Gasteiger partial charge in [-0.15, -0.1) is 11.8 Å². The summed E-state index contributed by atoms with van der Waals surface area (Å²) in [6, 6.07) is 0. The topological polar surface area (TPSA) is 44.7 Å². The highest BCUT2D eigenvalue weighted by molar-refractivity contribution is 4.95. The molecule has 0 spiro atoms. The van der Waals surface area contributed by atoms with Gasteiger partial charge in [0.05, 0.1) is 19.3 Å². The van der Waals surface area contributed by atoms with Gasteiger partial charge in [0.25, 0.3) is 0 Å². The van der Waals surface area contributed by atoms with E-state index >= 15 is 0 Å². The third-order valence-corrected chi connectivity index (χ3v) is 2.56. The number of hydrogen-bond acceptors (Lipinski definition) is 4. The fraction of sp³-hybridized carbons (Fsp3) is 0.833. The molecule has 0 aliphatic carbocycles. The summed E-state index contributed by atoms with van der Waals surface area (Å²) in [4.78, 5) is 2.24. The predicted octanol–water partition coefficient (Wildman–Crippen LogP) is -0.317. The van der Waals surface area contributed by atoms with Gasteiger partial charge in [0.2, 0.25) is 0 Å². The minimum absolute atomic E-state index is 0.298. The van der Waals surface area contributed by atoms with Crippen LogP contribution in [0.25, 0.3) is 0 Å². The van der Waals surface area contributed by atoms with Gasteiger partial charge < -0.3 is 15.2 Å². The second-order valence-corrected chi connectivity index (χ2v) is 3.95. The number of β-amino-alcohol motifs (C(OH)–C–C–N with tert-alkyl or cyclic N) is 1. The number of aliphatic hydroxyl groups excluding tert-OH is 1. The zero-order valence-corrected chi connectivity index (χ0v) is 10.0. The third kappa shape index (κ3) is 6.09. The summed E-state index contributed by atoms with van der Waals surface area (Å²) in [7, 11) is 0. The Bertz CT molecular complexity index is 229. The van der Waals surface area contributed by atoms with Crippen molar-refractivity contribution in [1.29, 1.82) is 0 Å². The molecule has 1 atom stereocenters. The van der Waals surface area contributed by atoms with Gasteiger partial charge in [-0.3, -0.25) is 4.90 Å². The van der Waals surface area contributed by atoms with Gasteiger partial charge in [-0.05, 0) is 6.92 Å². The van der Waals surface area contributed by atoms with E-state index in [0.717, 1.165) is 45.8 Å². The second-order valence-electron chi connectivity index (χ2n) is 3.95. The van der Waals surface area contributed by atoms with Crippen LogP contribution >= 0.6 is 0 Å².